The SMILES string of the molecule is C1CCOC1.C1CCOC1.C1CCOC1.CN1CCCN(Cc2cc(C(C)(C)C)cc(C(C)(C)C)c2[O-])CCN(C)CCCN(Cc2cc(C(C)(C)C)cc(C(C)(C)C)c2[O-])CC1.CN1CCCN(Cc2cc(C(C)(C)C)cc(C(C)(C)C)c2[O-])CCN(C)CCCN(Cc2cc(C(C)(C)C)cc(C(C)(C)C)c2[O-])CC1.[O-2].[Sm+3].[Sm+3]. The smallest absolute Gasteiger partial charge is 2.00 e. The summed E-state index contributed by atoms with van der Waals surface area (Å²) in [5.41, 5.74) is 11.6. The molecule has 0 amide bonds. The van der Waals surface area contributed by atoms with E-state index in [0.717, 1.165) is 215 Å². The summed E-state index contributed by atoms with van der Waals surface area (Å²) in [6, 6.07) is 17.4. The summed E-state index contributed by atoms with van der Waals surface area (Å²) in [5, 5.41) is 55.2. The molecule has 4 aromatic carbocycles. The van der Waals surface area contributed by atoms with E-state index in [2.05, 4.69) is 282 Å². The van der Waals surface area contributed by atoms with Gasteiger partial charge in [0, 0.05) is 118 Å². The van der Waals surface area contributed by atoms with Crippen LogP contribution in [0.3, 0.4) is 0 Å². The molecule has 0 unspecified atom stereocenters. The molecule has 0 N–H and O–H groups in total. The molecule has 0 saturated carbocycles. The Kier molecular flexibility index (Phi) is 47.1. The number of hydrogen-bond donors (Lipinski definition) is 0. The Morgan fingerprint density at radius 3 is 0.535 bits per heavy atom. The first-order valence-corrected chi connectivity index (χ1v) is 43.2. The maximum atomic E-state index is 13.8. The fourth-order valence-corrected chi connectivity index (χ4v) is 14.7. The minimum Gasteiger partial charge on any atom is -2.00 e. The van der Waals surface area contributed by atoms with Gasteiger partial charge in [-0.15, -0.1) is 23.0 Å². The van der Waals surface area contributed by atoms with Crippen LogP contribution in [-0.4, -0.2) is 212 Å². The second kappa shape index (κ2) is 49.5. The van der Waals surface area contributed by atoms with Gasteiger partial charge in [-0.25, -0.2) is 0 Å². The quantitative estimate of drug-likeness (QED) is 0.163. The monoisotopic (exact) mass is 1860 g/mol. The predicted molar refractivity (Wildman–Crippen MR) is 464 cm³/mol. The maximum absolute atomic E-state index is 13.8. The summed E-state index contributed by atoms with van der Waals surface area (Å²) in [7, 11) is 8.88. The molecular formula is C96H164N8O8Sm2. The van der Waals surface area contributed by atoms with Gasteiger partial charge in [-0.2, -0.15) is 0 Å². The first kappa shape index (κ1) is 108. The molecule has 18 heteroatoms. The molecule has 5 aliphatic rings. The van der Waals surface area contributed by atoms with Crippen molar-refractivity contribution in [2.24, 2.45) is 0 Å². The molecule has 648 valence electrons. The standard InChI is InChI=1S/2C42H72N4O2.3C4H8O.O.2Sm/c2*1-39(2,3)33-25-31(37(47)35(27-33)41(7,8)9)29-45-19-15-17-44(14)22-24-46(20-16-18-43(13)21-23-45)30-32-26-34(40(4,5)6)28-36(38(32)48)42(10,11)12;3*1-2-4-5-3-1;;;/h2*25-28,47-48H,15-24,29-30H2,1-14H3;3*1-4H2;;;/q;;;;;-2;2*+3/p-4. The third-order valence-electron chi connectivity index (χ3n) is 22.7. The largest absolute Gasteiger partial charge is 3.00 e. The van der Waals surface area contributed by atoms with Gasteiger partial charge < -0.3 is 59.7 Å². The molecule has 0 aliphatic carbocycles. The predicted octanol–water partition coefficient (Wildman–Crippen LogP) is 16.2. The van der Waals surface area contributed by atoms with Crippen molar-refractivity contribution in [1.82, 2.24) is 39.2 Å². The van der Waals surface area contributed by atoms with E-state index in [1.165, 1.54) is 60.8 Å². The normalized spacial score (nSPS) is 18.8. The number of rotatable bonds is 8. The van der Waals surface area contributed by atoms with Crippen LogP contribution in [0.5, 0.6) is 23.0 Å². The Hall–Kier alpha value is -1.72. The first-order chi connectivity index (χ1) is 51.4. The molecule has 0 spiro atoms. The zero-order chi connectivity index (χ0) is 83.1. The first-order valence-electron chi connectivity index (χ1n) is 43.2. The van der Waals surface area contributed by atoms with E-state index in [0.29, 0.717) is 26.2 Å². The molecule has 4 aromatic rings. The van der Waals surface area contributed by atoms with E-state index in [4.69, 9.17) is 14.2 Å². The fourth-order valence-electron chi connectivity index (χ4n) is 14.7. The van der Waals surface area contributed by atoms with Crippen molar-refractivity contribution < 1.29 is 121 Å². The molecule has 5 fully saturated rings. The van der Waals surface area contributed by atoms with E-state index in [-0.39, 0.29) is 153 Å². The maximum Gasteiger partial charge on any atom is 3.00 e. The van der Waals surface area contributed by atoms with E-state index in [1.807, 2.05) is 0 Å². The Morgan fingerprint density at radius 1 is 0.237 bits per heavy atom. The van der Waals surface area contributed by atoms with Crippen LogP contribution in [0.2, 0.25) is 0 Å². The minimum absolute atomic E-state index is 0. The van der Waals surface area contributed by atoms with Gasteiger partial charge in [0.2, 0.25) is 0 Å². The molecular weight excluding hydrogens is 1690 g/mol. The molecule has 0 atom stereocenters. The van der Waals surface area contributed by atoms with Crippen molar-refractivity contribution in [2.75, 3.05) is 173 Å². The van der Waals surface area contributed by atoms with Crippen LogP contribution in [0.1, 0.15) is 297 Å². The minimum atomic E-state index is -0.192. The summed E-state index contributed by atoms with van der Waals surface area (Å²) in [5.74, 6) is 0.849. The number of nitrogens with zero attached hydrogens (tertiary/aromatic N) is 8. The summed E-state index contributed by atoms with van der Waals surface area (Å²) in [6.07, 6.45) is 11.9. The molecule has 5 aliphatic heterocycles. The zero-order valence-electron chi connectivity index (χ0n) is 77.7. The molecule has 0 bridgehead atoms. The van der Waals surface area contributed by atoms with E-state index < -0.39 is 0 Å². The molecule has 114 heavy (non-hydrogen) atoms. The summed E-state index contributed by atoms with van der Waals surface area (Å²) in [4.78, 5) is 19.8. The van der Waals surface area contributed by atoms with Crippen molar-refractivity contribution >= 4 is 0 Å². The number of ether oxygens (including phenoxy) is 3. The molecule has 16 nitrogen and oxygen atoms in total. The number of hydrogen-bond acceptors (Lipinski definition) is 15. The van der Waals surface area contributed by atoms with E-state index >= 15 is 0 Å². The van der Waals surface area contributed by atoms with Gasteiger partial charge in [-0.05, 0) is 255 Å². The second-order valence-electron chi connectivity index (χ2n) is 41.7. The molecule has 2 radical (unpaired) electrons. The van der Waals surface area contributed by atoms with Crippen LogP contribution in [0.15, 0.2) is 48.5 Å². The van der Waals surface area contributed by atoms with Crippen molar-refractivity contribution in [2.45, 2.75) is 300 Å². The molecule has 9 rings (SSSR count). The Labute approximate surface area is 763 Å². The summed E-state index contributed by atoms with van der Waals surface area (Å²) >= 11 is 0. The topological polar surface area (TPSA) is 174 Å². The van der Waals surface area contributed by atoms with Crippen LogP contribution in [-0.2, 0) is 89.2 Å². The third-order valence-corrected chi connectivity index (χ3v) is 22.7. The van der Waals surface area contributed by atoms with Gasteiger partial charge in [-0.3, -0.25) is 19.6 Å². The third kappa shape index (κ3) is 38.4. The van der Waals surface area contributed by atoms with Gasteiger partial charge in [0.1, 0.15) is 0 Å². The van der Waals surface area contributed by atoms with Gasteiger partial charge in [0.25, 0.3) is 0 Å². The summed E-state index contributed by atoms with van der Waals surface area (Å²) < 4.78 is 14.8. The van der Waals surface area contributed by atoms with Gasteiger partial charge in [0.15, 0.2) is 0 Å². The molecule has 0 aromatic heterocycles. The van der Waals surface area contributed by atoms with Gasteiger partial charge in [0.05, 0.1) is 0 Å². The van der Waals surface area contributed by atoms with E-state index in [9.17, 15) is 20.4 Å². The molecule has 5 saturated heterocycles. The van der Waals surface area contributed by atoms with Crippen molar-refractivity contribution in [3.8, 4) is 23.0 Å². The Morgan fingerprint density at radius 2 is 0.404 bits per heavy atom. The Bertz CT molecular complexity index is 2930. The second-order valence-corrected chi connectivity index (χ2v) is 41.7. The zero-order valence-corrected chi connectivity index (χ0v) is 83.0. The summed E-state index contributed by atoms with van der Waals surface area (Å²) in [6.45, 7) is 76.9. The van der Waals surface area contributed by atoms with Crippen molar-refractivity contribution in [3.63, 3.8) is 0 Å². The van der Waals surface area contributed by atoms with Crippen LogP contribution in [0.25, 0.3) is 0 Å². The fraction of sp³-hybridized carbons (Fsp3) is 0.750. The number of likely N-dealkylation sites (N-methyl/N-ethyl adjacent to an activating group) is 4. The number of benzene rings is 4. The van der Waals surface area contributed by atoms with Crippen LogP contribution >= 0.6 is 0 Å². The van der Waals surface area contributed by atoms with Crippen LogP contribution in [0, 0.1) is 80.8 Å². The Balaban J connectivity index is 0.000000634. The van der Waals surface area contributed by atoms with Gasteiger partial charge >= 0.3 is 80.8 Å². The van der Waals surface area contributed by atoms with Crippen LogP contribution in [0.4, 0.5) is 0 Å². The van der Waals surface area contributed by atoms with Crippen molar-refractivity contribution in [1.29, 1.82) is 0 Å². The van der Waals surface area contributed by atoms with Gasteiger partial charge in [-0.1, -0.05) is 215 Å². The van der Waals surface area contributed by atoms with Crippen molar-refractivity contribution in [3.05, 3.63) is 115 Å². The van der Waals surface area contributed by atoms with E-state index in [1.54, 1.807) is 0 Å². The average Bonchev–Trinajstić information content (AvgIpc) is 1.01. The molecule has 5 heterocycles. The van der Waals surface area contributed by atoms with Crippen LogP contribution < -0.4 is 20.4 Å². The average molecular weight is 1860 g/mol.